The molecule has 8 nitrogen and oxygen atoms in total. The number of hydrogen-bond acceptors (Lipinski definition) is 5. The molecule has 0 radical (unpaired) electrons. The van der Waals surface area contributed by atoms with Gasteiger partial charge in [-0.15, -0.1) is 0 Å². The van der Waals surface area contributed by atoms with Crippen molar-refractivity contribution < 1.29 is 18.7 Å². The lowest BCUT2D eigenvalue weighted by Crippen LogP contribution is -2.44. The summed E-state index contributed by atoms with van der Waals surface area (Å²) < 4.78 is 30.9. The van der Waals surface area contributed by atoms with Gasteiger partial charge in [0.05, 0.1) is 29.0 Å². The second-order valence-electron chi connectivity index (χ2n) is 7.88. The number of rotatable bonds is 8. The minimum atomic E-state index is -1.82. The highest BCUT2D eigenvalue weighted by atomic mass is 35.5. The van der Waals surface area contributed by atoms with E-state index in [0.717, 1.165) is 6.07 Å². The highest BCUT2D eigenvalue weighted by Gasteiger charge is 2.39. The number of carbonyl (C=O) groups excluding carboxylic acids is 1. The van der Waals surface area contributed by atoms with Gasteiger partial charge in [-0.05, 0) is 18.2 Å². The number of aromatic nitrogens is 5. The molecule has 0 saturated carbocycles. The fourth-order valence-corrected chi connectivity index (χ4v) is 3.86. The van der Waals surface area contributed by atoms with Crippen molar-refractivity contribution in [2.75, 3.05) is 6.54 Å². The van der Waals surface area contributed by atoms with Crippen LogP contribution in [-0.2, 0) is 12.1 Å². The lowest BCUT2D eigenvalue weighted by Gasteiger charge is -2.35. The van der Waals surface area contributed by atoms with E-state index in [-0.39, 0.29) is 24.2 Å². The van der Waals surface area contributed by atoms with Crippen LogP contribution in [0.4, 0.5) is 8.78 Å². The molecule has 0 aliphatic rings. The lowest BCUT2D eigenvalue weighted by molar-refractivity contribution is -0.0378. The van der Waals surface area contributed by atoms with Gasteiger partial charge < -0.3 is 10.4 Å². The molecule has 0 bridgehead atoms. The summed E-state index contributed by atoms with van der Waals surface area (Å²) in [6.07, 6.45) is 5.58. The first kappa shape index (κ1) is 23.5. The van der Waals surface area contributed by atoms with Gasteiger partial charge in [-0.1, -0.05) is 36.7 Å². The third-order valence-corrected chi connectivity index (χ3v) is 5.91. The van der Waals surface area contributed by atoms with Crippen LogP contribution in [0.2, 0.25) is 5.02 Å². The number of nitrogens with one attached hydrogen (secondary N) is 1. The Morgan fingerprint density at radius 2 is 2.03 bits per heavy atom. The molecule has 0 aliphatic carbocycles. The number of aliphatic hydroxyl groups is 1. The van der Waals surface area contributed by atoms with Crippen LogP contribution < -0.4 is 5.32 Å². The van der Waals surface area contributed by atoms with Gasteiger partial charge in [-0.25, -0.2) is 23.1 Å². The molecule has 0 saturated heterocycles. The van der Waals surface area contributed by atoms with Crippen LogP contribution in [0, 0.1) is 17.6 Å². The molecule has 0 aliphatic heterocycles. The molecule has 2 atom stereocenters. The van der Waals surface area contributed by atoms with E-state index in [9.17, 15) is 18.7 Å². The van der Waals surface area contributed by atoms with Gasteiger partial charge in [-0.3, -0.25) is 4.79 Å². The molecule has 2 N–H and O–H groups in total. The van der Waals surface area contributed by atoms with Crippen LogP contribution in [0.15, 0.2) is 67.5 Å². The van der Waals surface area contributed by atoms with E-state index < -0.39 is 29.1 Å². The average Bonchev–Trinajstić information content (AvgIpc) is 3.49. The molecule has 11 heteroatoms. The van der Waals surface area contributed by atoms with Gasteiger partial charge in [0.2, 0.25) is 0 Å². The van der Waals surface area contributed by atoms with Crippen molar-refractivity contribution in [2.45, 2.75) is 19.1 Å². The maximum Gasteiger partial charge on any atom is 0.254 e. The number of benzene rings is 2. The van der Waals surface area contributed by atoms with E-state index in [1.807, 2.05) is 0 Å². The van der Waals surface area contributed by atoms with Crippen molar-refractivity contribution in [3.05, 3.63) is 95.3 Å². The molecule has 34 heavy (non-hydrogen) atoms. The molecule has 0 fully saturated rings. The molecule has 4 aromatic rings. The third-order valence-electron chi connectivity index (χ3n) is 5.60. The number of carbonyl (C=O) groups is 1. The standard InChI is InChI=1S/C23H21ClF2N6O2/c1-15(9-28-22(33)16-10-29-32(11-16)21-5-3-2-4-19(21)24)23(34,12-31-14-27-13-30-31)18-7-6-17(25)8-20(18)26/h2-8,10-11,13-15,34H,9,12H2,1H3,(H,28,33)/t15-,23-/m1/s1. The fraction of sp³-hybridized carbons (Fsp3) is 0.217. The van der Waals surface area contributed by atoms with E-state index in [2.05, 4.69) is 20.5 Å². The number of halogens is 3. The maximum atomic E-state index is 14.6. The Balaban J connectivity index is 1.52. The van der Waals surface area contributed by atoms with Crippen molar-refractivity contribution in [3.8, 4) is 5.69 Å². The second kappa shape index (κ2) is 9.70. The lowest BCUT2D eigenvalue weighted by atomic mass is 9.81. The second-order valence-corrected chi connectivity index (χ2v) is 8.28. The van der Waals surface area contributed by atoms with Crippen LogP contribution in [0.25, 0.3) is 5.69 Å². The molecule has 0 spiro atoms. The third kappa shape index (κ3) is 4.82. The molecule has 2 heterocycles. The van der Waals surface area contributed by atoms with E-state index in [1.165, 1.54) is 40.5 Å². The summed E-state index contributed by atoms with van der Waals surface area (Å²) in [5.74, 6) is -2.80. The highest BCUT2D eigenvalue weighted by Crippen LogP contribution is 2.33. The number of nitrogens with zero attached hydrogens (tertiary/aromatic N) is 5. The molecule has 1 amide bonds. The fourth-order valence-electron chi connectivity index (χ4n) is 3.63. The Hall–Kier alpha value is -3.63. The summed E-state index contributed by atoms with van der Waals surface area (Å²) in [5, 5.41) is 22.9. The van der Waals surface area contributed by atoms with Crippen molar-refractivity contribution in [3.63, 3.8) is 0 Å². The van der Waals surface area contributed by atoms with E-state index in [0.29, 0.717) is 16.8 Å². The quantitative estimate of drug-likeness (QED) is 0.398. The molecule has 0 unspecified atom stereocenters. The normalized spacial score (nSPS) is 13.9. The monoisotopic (exact) mass is 486 g/mol. The molecular weight excluding hydrogens is 466 g/mol. The van der Waals surface area contributed by atoms with Gasteiger partial charge in [0.15, 0.2) is 0 Å². The Labute approximate surface area is 198 Å². The molecule has 2 aromatic heterocycles. The smallest absolute Gasteiger partial charge is 0.254 e. The van der Waals surface area contributed by atoms with Crippen molar-refractivity contribution >= 4 is 17.5 Å². The number of para-hydroxylation sites is 1. The zero-order chi connectivity index (χ0) is 24.3. The summed E-state index contributed by atoms with van der Waals surface area (Å²) in [4.78, 5) is 16.6. The first-order valence-electron chi connectivity index (χ1n) is 10.4. The van der Waals surface area contributed by atoms with Gasteiger partial charge in [-0.2, -0.15) is 10.2 Å². The highest BCUT2D eigenvalue weighted by molar-refractivity contribution is 6.32. The minimum Gasteiger partial charge on any atom is -0.383 e. The van der Waals surface area contributed by atoms with E-state index in [4.69, 9.17) is 11.6 Å². The van der Waals surface area contributed by atoms with Crippen LogP contribution >= 0.6 is 11.6 Å². The summed E-state index contributed by atoms with van der Waals surface area (Å²) in [6, 6.07) is 10.0. The minimum absolute atomic E-state index is 0.0158. The zero-order valence-electron chi connectivity index (χ0n) is 18.1. The van der Waals surface area contributed by atoms with Crippen molar-refractivity contribution in [1.29, 1.82) is 0 Å². The predicted molar refractivity (Wildman–Crippen MR) is 120 cm³/mol. The maximum absolute atomic E-state index is 14.6. The van der Waals surface area contributed by atoms with Gasteiger partial charge >= 0.3 is 0 Å². The van der Waals surface area contributed by atoms with Crippen LogP contribution in [-0.4, -0.2) is 42.1 Å². The van der Waals surface area contributed by atoms with Crippen LogP contribution in [0.3, 0.4) is 0 Å². The van der Waals surface area contributed by atoms with Crippen molar-refractivity contribution in [1.82, 2.24) is 29.9 Å². The van der Waals surface area contributed by atoms with Gasteiger partial charge in [0.1, 0.15) is 29.9 Å². The van der Waals surface area contributed by atoms with Crippen molar-refractivity contribution in [2.24, 2.45) is 5.92 Å². The molecule has 4 rings (SSSR count). The predicted octanol–water partition coefficient (Wildman–Crippen LogP) is 3.35. The Morgan fingerprint density at radius 1 is 1.24 bits per heavy atom. The summed E-state index contributed by atoms with van der Waals surface area (Å²) >= 11 is 6.18. The topological polar surface area (TPSA) is 97.9 Å². The van der Waals surface area contributed by atoms with E-state index in [1.54, 1.807) is 31.2 Å². The summed E-state index contributed by atoms with van der Waals surface area (Å²) in [6.45, 7) is 1.47. The summed E-state index contributed by atoms with van der Waals surface area (Å²) in [7, 11) is 0. The molecule has 176 valence electrons. The first-order chi connectivity index (χ1) is 16.3. The molecule has 2 aromatic carbocycles. The SMILES string of the molecule is C[C@H](CNC(=O)c1cnn(-c2ccccc2Cl)c1)[C@](O)(Cn1cncn1)c1ccc(F)cc1F. The van der Waals surface area contributed by atoms with Gasteiger partial charge in [0, 0.05) is 30.3 Å². The van der Waals surface area contributed by atoms with Crippen LogP contribution in [0.5, 0.6) is 0 Å². The Kier molecular flexibility index (Phi) is 6.71. The average molecular weight is 487 g/mol. The largest absolute Gasteiger partial charge is 0.383 e. The first-order valence-corrected chi connectivity index (χ1v) is 10.7. The number of amides is 1. The summed E-state index contributed by atoms with van der Waals surface area (Å²) in [5.41, 5.74) is -1.04. The zero-order valence-corrected chi connectivity index (χ0v) is 18.8. The van der Waals surface area contributed by atoms with E-state index >= 15 is 0 Å². The van der Waals surface area contributed by atoms with Gasteiger partial charge in [0.25, 0.3) is 5.91 Å². The van der Waals surface area contributed by atoms with Crippen LogP contribution in [0.1, 0.15) is 22.8 Å². The Morgan fingerprint density at radius 3 is 2.74 bits per heavy atom. The molecular formula is C23H21ClF2N6O2. The Bertz CT molecular complexity index is 1300. The number of hydrogen-bond donors (Lipinski definition) is 2.